The van der Waals surface area contributed by atoms with Gasteiger partial charge in [-0.05, 0) is 42.3 Å². The van der Waals surface area contributed by atoms with Crippen molar-refractivity contribution in [2.45, 2.75) is 13.3 Å². The first-order valence-electron chi connectivity index (χ1n) is 7.44. The van der Waals surface area contributed by atoms with Crippen LogP contribution in [0, 0.1) is 5.82 Å². The Labute approximate surface area is 135 Å². The highest BCUT2D eigenvalue weighted by Gasteiger charge is 2.13. The van der Waals surface area contributed by atoms with Crippen molar-refractivity contribution in [3.8, 4) is 0 Å². The van der Waals surface area contributed by atoms with Gasteiger partial charge in [0, 0.05) is 18.3 Å². The number of hydrogen-bond acceptors (Lipinski definition) is 3. The van der Waals surface area contributed by atoms with Gasteiger partial charge in [0.15, 0.2) is 5.82 Å². The number of rotatable bonds is 3. The van der Waals surface area contributed by atoms with Gasteiger partial charge in [0.1, 0.15) is 5.69 Å². The number of nitrogens with zero attached hydrogens (tertiary/aromatic N) is 2. The highest BCUT2D eigenvalue weighted by molar-refractivity contribution is 6.02. The number of hydrogen-bond donors (Lipinski definition) is 1. The predicted molar refractivity (Wildman–Crippen MR) is 93.8 cm³/mol. The fourth-order valence-electron chi connectivity index (χ4n) is 2.41. The number of anilines is 2. The van der Waals surface area contributed by atoms with E-state index >= 15 is 0 Å². The maximum atomic E-state index is 14.2. The van der Waals surface area contributed by atoms with Crippen LogP contribution in [-0.4, -0.2) is 5.71 Å². The highest BCUT2D eigenvalue weighted by Crippen LogP contribution is 2.24. The zero-order valence-electron chi connectivity index (χ0n) is 12.9. The smallest absolute Gasteiger partial charge is 0.150 e. The third kappa shape index (κ3) is 3.48. The largest absolute Gasteiger partial charge is 0.399 e. The van der Waals surface area contributed by atoms with Crippen LogP contribution in [-0.2, 0) is 6.42 Å². The van der Waals surface area contributed by atoms with E-state index in [1.165, 1.54) is 11.6 Å². The summed E-state index contributed by atoms with van der Waals surface area (Å²) in [6.07, 6.45) is 6.29. The van der Waals surface area contributed by atoms with E-state index in [1.54, 1.807) is 23.3 Å². The van der Waals surface area contributed by atoms with E-state index in [0.717, 1.165) is 11.3 Å². The van der Waals surface area contributed by atoms with Crippen LogP contribution in [0.3, 0.4) is 0 Å². The minimum Gasteiger partial charge on any atom is -0.399 e. The molecule has 116 valence electrons. The second-order valence-corrected chi connectivity index (χ2v) is 5.46. The molecule has 3 nitrogen and oxygen atoms in total. The molecule has 0 bridgehead atoms. The molecule has 0 spiro atoms. The predicted octanol–water partition coefficient (Wildman–Crippen LogP) is 4.29. The van der Waals surface area contributed by atoms with Crippen molar-refractivity contribution in [2.75, 3.05) is 10.7 Å². The molecule has 0 fully saturated rings. The summed E-state index contributed by atoms with van der Waals surface area (Å²) in [7, 11) is 0. The van der Waals surface area contributed by atoms with Gasteiger partial charge in [-0.2, -0.15) is 5.10 Å². The molecule has 0 saturated heterocycles. The Bertz CT molecular complexity index is 792. The van der Waals surface area contributed by atoms with Crippen molar-refractivity contribution in [1.82, 2.24) is 0 Å². The summed E-state index contributed by atoms with van der Waals surface area (Å²) >= 11 is 0. The third-order valence-electron chi connectivity index (χ3n) is 3.69. The fourth-order valence-corrected chi connectivity index (χ4v) is 2.41. The van der Waals surface area contributed by atoms with Gasteiger partial charge >= 0.3 is 0 Å². The van der Waals surface area contributed by atoms with Gasteiger partial charge in [-0.3, -0.25) is 0 Å². The molecule has 0 unspecified atom stereocenters. The maximum absolute atomic E-state index is 14.2. The first kappa shape index (κ1) is 15.0. The Balaban J connectivity index is 1.95. The summed E-state index contributed by atoms with van der Waals surface area (Å²) in [5.41, 5.74) is 9.52. The van der Waals surface area contributed by atoms with E-state index in [2.05, 4.69) is 17.2 Å². The summed E-state index contributed by atoms with van der Waals surface area (Å²) in [6.45, 7) is 2.01. The number of nitrogen functional groups attached to an aromatic ring is 1. The first-order chi connectivity index (χ1) is 11.1. The summed E-state index contributed by atoms with van der Waals surface area (Å²) in [6, 6.07) is 14.7. The summed E-state index contributed by atoms with van der Waals surface area (Å²) in [4.78, 5) is 0. The lowest BCUT2D eigenvalue weighted by molar-refractivity contribution is 0.626. The average molecular weight is 307 g/mol. The van der Waals surface area contributed by atoms with Gasteiger partial charge in [-0.15, -0.1) is 0 Å². The van der Waals surface area contributed by atoms with Gasteiger partial charge in [0.2, 0.25) is 0 Å². The zero-order chi connectivity index (χ0) is 16.2. The lowest BCUT2D eigenvalue weighted by Crippen LogP contribution is -2.15. The molecule has 0 aliphatic carbocycles. The quantitative estimate of drug-likeness (QED) is 0.860. The number of nitrogens with two attached hydrogens (primary N) is 1. The van der Waals surface area contributed by atoms with Crippen molar-refractivity contribution in [3.63, 3.8) is 0 Å². The molecule has 0 radical (unpaired) electrons. The van der Waals surface area contributed by atoms with Gasteiger partial charge in [-0.25, -0.2) is 9.40 Å². The monoisotopic (exact) mass is 307 g/mol. The van der Waals surface area contributed by atoms with Crippen molar-refractivity contribution in [1.29, 1.82) is 0 Å². The molecule has 0 aromatic heterocycles. The van der Waals surface area contributed by atoms with Crippen LogP contribution in [0.15, 0.2) is 77.6 Å². The van der Waals surface area contributed by atoms with Gasteiger partial charge < -0.3 is 5.73 Å². The van der Waals surface area contributed by atoms with Crippen LogP contribution in [0.4, 0.5) is 15.8 Å². The summed E-state index contributed by atoms with van der Waals surface area (Å²) < 4.78 is 14.2. The van der Waals surface area contributed by atoms with Gasteiger partial charge in [0.05, 0.1) is 5.71 Å². The van der Waals surface area contributed by atoms with Crippen molar-refractivity contribution >= 4 is 17.1 Å². The van der Waals surface area contributed by atoms with Crippen molar-refractivity contribution in [3.05, 3.63) is 83.8 Å². The number of halogens is 1. The van der Waals surface area contributed by atoms with Crippen LogP contribution < -0.4 is 10.7 Å². The van der Waals surface area contributed by atoms with Crippen molar-refractivity contribution < 1.29 is 4.39 Å². The normalized spacial score (nSPS) is 14.3. The number of benzene rings is 2. The van der Waals surface area contributed by atoms with Crippen LogP contribution in [0.5, 0.6) is 0 Å². The van der Waals surface area contributed by atoms with Crippen molar-refractivity contribution in [2.24, 2.45) is 5.10 Å². The Morgan fingerprint density at radius 1 is 1.13 bits per heavy atom. The second kappa shape index (κ2) is 6.48. The molecule has 1 heterocycles. The SMILES string of the molecule is CC1=CC=CN(c2ccc(N)cc2F)N=C1Cc1ccccc1. The molecule has 1 aliphatic heterocycles. The number of allylic oxidation sites excluding steroid dienone is 3. The van der Waals surface area contributed by atoms with E-state index in [9.17, 15) is 4.39 Å². The molecule has 23 heavy (non-hydrogen) atoms. The van der Waals surface area contributed by atoms with Crippen LogP contribution in [0.2, 0.25) is 0 Å². The minimum atomic E-state index is -0.392. The topological polar surface area (TPSA) is 41.6 Å². The molecule has 2 N–H and O–H groups in total. The Kier molecular flexibility index (Phi) is 4.24. The third-order valence-corrected chi connectivity index (χ3v) is 3.69. The highest BCUT2D eigenvalue weighted by atomic mass is 19.1. The van der Waals surface area contributed by atoms with E-state index in [0.29, 0.717) is 17.8 Å². The molecule has 4 heteroatoms. The van der Waals surface area contributed by atoms with E-state index in [1.807, 2.05) is 37.3 Å². The Morgan fingerprint density at radius 2 is 1.91 bits per heavy atom. The minimum absolute atomic E-state index is 0.379. The Morgan fingerprint density at radius 3 is 2.65 bits per heavy atom. The first-order valence-corrected chi connectivity index (χ1v) is 7.44. The molecule has 0 saturated carbocycles. The maximum Gasteiger partial charge on any atom is 0.150 e. The fraction of sp³-hybridized carbons (Fsp3) is 0.105. The second-order valence-electron chi connectivity index (χ2n) is 5.46. The Hall–Kier alpha value is -2.88. The van der Waals surface area contributed by atoms with Crippen LogP contribution >= 0.6 is 0 Å². The molecule has 2 aromatic rings. The molecule has 0 amide bonds. The van der Waals surface area contributed by atoms with Crippen LogP contribution in [0.25, 0.3) is 0 Å². The lowest BCUT2D eigenvalue weighted by atomic mass is 10.0. The van der Waals surface area contributed by atoms with Crippen LogP contribution in [0.1, 0.15) is 12.5 Å². The molecular weight excluding hydrogens is 289 g/mol. The van der Waals surface area contributed by atoms with E-state index in [4.69, 9.17) is 5.73 Å². The molecule has 1 aliphatic rings. The van der Waals surface area contributed by atoms with E-state index < -0.39 is 5.82 Å². The van der Waals surface area contributed by atoms with E-state index in [-0.39, 0.29) is 0 Å². The summed E-state index contributed by atoms with van der Waals surface area (Å²) in [5, 5.41) is 6.18. The molecule has 2 aromatic carbocycles. The van der Waals surface area contributed by atoms with Gasteiger partial charge in [-0.1, -0.05) is 36.4 Å². The summed E-state index contributed by atoms with van der Waals surface area (Å²) in [5.74, 6) is -0.392. The number of hydrazone groups is 1. The van der Waals surface area contributed by atoms with Gasteiger partial charge in [0.25, 0.3) is 0 Å². The zero-order valence-corrected chi connectivity index (χ0v) is 12.9. The molecular formula is C19H18FN3. The molecule has 0 atom stereocenters. The standard InChI is InChI=1S/C19H18FN3/c1-14-6-5-11-23(19-10-9-16(21)13-17(19)20)22-18(14)12-15-7-3-2-4-8-15/h2-11,13H,12,21H2,1H3. The molecule has 3 rings (SSSR count). The lowest BCUT2D eigenvalue weighted by Gasteiger charge is -2.17. The average Bonchev–Trinajstić information content (AvgIpc) is 2.71.